The summed E-state index contributed by atoms with van der Waals surface area (Å²) in [5.74, 6) is 0.0910. The standard InChI is InChI=1S/C37H22N2O/c40-36-25-13-5-8-16-31(25)37(32-17-9-6-14-26(32)36)30-15-7-4-12-24(30)27-20-28-29-22-38-19-18-34(29)39(35(28)21-33(27)37)23-10-2-1-3-11-23/h1-22H. The monoisotopic (exact) mass is 510 g/mol. The summed E-state index contributed by atoms with van der Waals surface area (Å²) < 4.78 is 2.34. The molecule has 0 atom stereocenters. The molecule has 9 rings (SSSR count). The van der Waals surface area contributed by atoms with E-state index in [0.29, 0.717) is 0 Å². The second kappa shape index (κ2) is 7.64. The van der Waals surface area contributed by atoms with Crippen LogP contribution in [0.4, 0.5) is 0 Å². The minimum atomic E-state index is -0.600. The lowest BCUT2D eigenvalue weighted by Gasteiger charge is -2.39. The average Bonchev–Trinajstić information content (AvgIpc) is 3.50. The quantitative estimate of drug-likeness (QED) is 0.224. The molecule has 0 saturated heterocycles. The van der Waals surface area contributed by atoms with Crippen LogP contribution in [0.15, 0.2) is 134 Å². The first kappa shape index (κ1) is 21.6. The molecule has 7 aromatic rings. The molecule has 5 aromatic carbocycles. The first-order valence-electron chi connectivity index (χ1n) is 13.6. The van der Waals surface area contributed by atoms with Gasteiger partial charge in [-0.15, -0.1) is 0 Å². The lowest BCUT2D eigenvalue weighted by molar-refractivity contribution is 0.103. The van der Waals surface area contributed by atoms with Crippen molar-refractivity contribution in [2.24, 2.45) is 0 Å². The molecule has 40 heavy (non-hydrogen) atoms. The molecule has 0 N–H and O–H groups in total. The highest BCUT2D eigenvalue weighted by Crippen LogP contribution is 2.60. The van der Waals surface area contributed by atoms with E-state index >= 15 is 0 Å². The van der Waals surface area contributed by atoms with Crippen molar-refractivity contribution in [2.45, 2.75) is 5.41 Å². The van der Waals surface area contributed by atoms with Crippen LogP contribution in [0.1, 0.15) is 38.2 Å². The van der Waals surface area contributed by atoms with E-state index in [-0.39, 0.29) is 5.78 Å². The number of rotatable bonds is 1. The van der Waals surface area contributed by atoms with Gasteiger partial charge in [0.05, 0.1) is 16.4 Å². The number of nitrogens with zero attached hydrogens (tertiary/aromatic N) is 2. The van der Waals surface area contributed by atoms with E-state index in [1.807, 2.05) is 36.7 Å². The van der Waals surface area contributed by atoms with E-state index in [9.17, 15) is 4.79 Å². The van der Waals surface area contributed by atoms with E-state index in [2.05, 4.69) is 107 Å². The third-order valence-corrected chi connectivity index (χ3v) is 8.90. The van der Waals surface area contributed by atoms with Crippen molar-refractivity contribution in [2.75, 3.05) is 0 Å². The average molecular weight is 511 g/mol. The Bertz CT molecular complexity index is 2140. The van der Waals surface area contributed by atoms with Gasteiger partial charge in [-0.1, -0.05) is 91.0 Å². The molecule has 0 amide bonds. The first-order chi connectivity index (χ1) is 19.8. The van der Waals surface area contributed by atoms with E-state index in [0.717, 1.165) is 44.4 Å². The fraction of sp³-hybridized carbons (Fsp3) is 0.0270. The van der Waals surface area contributed by atoms with Crippen molar-refractivity contribution in [3.63, 3.8) is 0 Å². The lowest BCUT2D eigenvalue weighted by Crippen LogP contribution is -2.36. The van der Waals surface area contributed by atoms with Gasteiger partial charge in [0.15, 0.2) is 5.78 Å². The molecule has 3 nitrogen and oxygen atoms in total. The summed E-state index contributed by atoms with van der Waals surface area (Å²) in [6.45, 7) is 0. The maximum absolute atomic E-state index is 13.8. The van der Waals surface area contributed by atoms with Crippen molar-refractivity contribution in [1.29, 1.82) is 0 Å². The van der Waals surface area contributed by atoms with Crippen LogP contribution < -0.4 is 0 Å². The van der Waals surface area contributed by atoms with Gasteiger partial charge in [-0.3, -0.25) is 9.78 Å². The number of benzene rings is 5. The summed E-state index contributed by atoms with van der Waals surface area (Å²) in [5.41, 5.74) is 11.3. The fourth-order valence-corrected chi connectivity index (χ4v) is 7.37. The highest BCUT2D eigenvalue weighted by Gasteiger charge is 2.51. The largest absolute Gasteiger partial charge is 0.309 e. The number of hydrogen-bond donors (Lipinski definition) is 0. The molecular weight excluding hydrogens is 488 g/mol. The van der Waals surface area contributed by atoms with Gasteiger partial charge in [0.2, 0.25) is 0 Å². The zero-order valence-electron chi connectivity index (χ0n) is 21.5. The normalized spacial score (nSPS) is 14.2. The molecule has 2 aromatic heterocycles. The van der Waals surface area contributed by atoms with E-state index in [1.165, 1.54) is 27.6 Å². The highest BCUT2D eigenvalue weighted by atomic mass is 16.1. The van der Waals surface area contributed by atoms with Gasteiger partial charge in [0.1, 0.15) is 0 Å². The summed E-state index contributed by atoms with van der Waals surface area (Å²) in [6.07, 6.45) is 3.84. The number of aromatic nitrogens is 2. The van der Waals surface area contributed by atoms with Crippen molar-refractivity contribution in [3.05, 3.63) is 167 Å². The second-order valence-corrected chi connectivity index (χ2v) is 10.7. The van der Waals surface area contributed by atoms with Gasteiger partial charge in [0.25, 0.3) is 0 Å². The van der Waals surface area contributed by atoms with Crippen LogP contribution in [0, 0.1) is 0 Å². The minimum Gasteiger partial charge on any atom is -0.309 e. The first-order valence-corrected chi connectivity index (χ1v) is 13.6. The summed E-state index contributed by atoms with van der Waals surface area (Å²) in [4.78, 5) is 18.3. The zero-order chi connectivity index (χ0) is 26.4. The summed E-state index contributed by atoms with van der Waals surface area (Å²) in [6, 6.07) is 42.4. The molecule has 0 unspecified atom stereocenters. The van der Waals surface area contributed by atoms with Crippen molar-refractivity contribution in [1.82, 2.24) is 9.55 Å². The molecule has 3 heteroatoms. The van der Waals surface area contributed by atoms with Crippen LogP contribution in [0.2, 0.25) is 0 Å². The number of pyridine rings is 1. The molecule has 0 radical (unpaired) electrons. The van der Waals surface area contributed by atoms with Crippen molar-refractivity contribution in [3.8, 4) is 16.8 Å². The van der Waals surface area contributed by atoms with Crippen LogP contribution in [-0.2, 0) is 5.41 Å². The van der Waals surface area contributed by atoms with Gasteiger partial charge in [-0.05, 0) is 63.7 Å². The highest BCUT2D eigenvalue weighted by molar-refractivity contribution is 6.16. The van der Waals surface area contributed by atoms with Crippen LogP contribution in [0.5, 0.6) is 0 Å². The molecule has 0 saturated carbocycles. The Labute approximate surface area is 231 Å². The molecule has 186 valence electrons. The number of hydrogen-bond acceptors (Lipinski definition) is 2. The fourth-order valence-electron chi connectivity index (χ4n) is 7.37. The van der Waals surface area contributed by atoms with Gasteiger partial charge >= 0.3 is 0 Å². The lowest BCUT2D eigenvalue weighted by atomic mass is 9.61. The Kier molecular flexibility index (Phi) is 4.13. The Morgan fingerprint density at radius 1 is 0.525 bits per heavy atom. The Hall–Kier alpha value is -5.28. The van der Waals surface area contributed by atoms with Crippen molar-refractivity contribution < 1.29 is 4.79 Å². The number of fused-ring (bicyclic) bond motifs is 12. The topological polar surface area (TPSA) is 34.9 Å². The summed E-state index contributed by atoms with van der Waals surface area (Å²) in [5, 5.41) is 2.30. The van der Waals surface area contributed by atoms with E-state index in [4.69, 9.17) is 0 Å². The Morgan fingerprint density at radius 3 is 1.82 bits per heavy atom. The van der Waals surface area contributed by atoms with Gasteiger partial charge in [-0.2, -0.15) is 0 Å². The van der Waals surface area contributed by atoms with Crippen LogP contribution in [-0.4, -0.2) is 15.3 Å². The molecule has 2 aliphatic carbocycles. The third kappa shape index (κ3) is 2.50. The number of carbonyl (C=O) groups excluding carboxylic acids is 1. The molecule has 2 heterocycles. The van der Waals surface area contributed by atoms with Gasteiger partial charge in [0, 0.05) is 40.0 Å². The molecular formula is C37H22N2O. The predicted molar refractivity (Wildman–Crippen MR) is 159 cm³/mol. The van der Waals surface area contributed by atoms with E-state index in [1.54, 1.807) is 0 Å². The Morgan fingerprint density at radius 2 is 1.12 bits per heavy atom. The number of para-hydroxylation sites is 1. The molecule has 0 aliphatic heterocycles. The SMILES string of the molecule is O=C1c2ccccc2C2(c3ccccc31)c1ccccc1-c1cc3c4cnccc4n(-c4ccccc4)c3cc12. The molecule has 1 spiro atoms. The minimum absolute atomic E-state index is 0.0910. The summed E-state index contributed by atoms with van der Waals surface area (Å²) >= 11 is 0. The van der Waals surface area contributed by atoms with Crippen LogP contribution in [0.3, 0.4) is 0 Å². The van der Waals surface area contributed by atoms with Crippen LogP contribution >= 0.6 is 0 Å². The molecule has 0 fully saturated rings. The molecule has 2 aliphatic rings. The maximum atomic E-state index is 13.8. The number of ketones is 1. The molecule has 0 bridgehead atoms. The Balaban J connectivity index is 1.51. The third-order valence-electron chi connectivity index (χ3n) is 8.90. The van der Waals surface area contributed by atoms with Gasteiger partial charge in [-0.25, -0.2) is 0 Å². The van der Waals surface area contributed by atoms with Crippen LogP contribution in [0.25, 0.3) is 38.6 Å². The zero-order valence-corrected chi connectivity index (χ0v) is 21.5. The number of carbonyl (C=O) groups is 1. The summed E-state index contributed by atoms with van der Waals surface area (Å²) in [7, 11) is 0. The maximum Gasteiger partial charge on any atom is 0.193 e. The second-order valence-electron chi connectivity index (χ2n) is 10.7. The smallest absolute Gasteiger partial charge is 0.193 e. The van der Waals surface area contributed by atoms with Crippen molar-refractivity contribution >= 4 is 27.6 Å². The van der Waals surface area contributed by atoms with E-state index < -0.39 is 5.41 Å². The van der Waals surface area contributed by atoms with Gasteiger partial charge < -0.3 is 4.57 Å². The predicted octanol–water partition coefficient (Wildman–Crippen LogP) is 8.09.